The molecule has 0 aliphatic rings. The van der Waals surface area contributed by atoms with Crippen molar-refractivity contribution >= 4 is 39.5 Å². The minimum atomic E-state index is 0.446. The molecule has 0 aromatic heterocycles. The first kappa shape index (κ1) is 11.1. The van der Waals surface area contributed by atoms with Gasteiger partial charge in [-0.05, 0) is 12.8 Å². The third-order valence-corrected chi connectivity index (χ3v) is 3.89. The van der Waals surface area contributed by atoms with Gasteiger partial charge in [-0.25, -0.2) is 0 Å². The third-order valence-electron chi connectivity index (χ3n) is 1.59. The van der Waals surface area contributed by atoms with Crippen molar-refractivity contribution in [1.29, 1.82) is 0 Å². The summed E-state index contributed by atoms with van der Waals surface area (Å²) >= 11 is 12.7. The SMILES string of the molecule is [AlH2][CH2]C(Cl)CCCCCCl. The zero-order valence-electron chi connectivity index (χ0n) is 6.58. The maximum Gasteiger partial charge on any atom is 0.214 e. The standard InChI is InChI=1S/C7H13Cl2.Al.2H/c1-7(9)5-3-2-4-6-8;;;/h7H,1-6H2;;;. The molecule has 0 saturated carbocycles. The van der Waals surface area contributed by atoms with E-state index in [0.29, 0.717) is 5.38 Å². The van der Waals surface area contributed by atoms with Gasteiger partial charge in [-0.15, -0.1) is 23.2 Å². The number of unbranched alkanes of at least 4 members (excludes halogenated alkanes) is 2. The Hall–Kier alpha value is 1.11. The van der Waals surface area contributed by atoms with E-state index < -0.39 is 0 Å². The Balaban J connectivity index is 2.89. The molecule has 1 atom stereocenters. The fraction of sp³-hybridized carbons (Fsp3) is 1.00. The first-order chi connectivity index (χ1) is 4.81. The summed E-state index contributed by atoms with van der Waals surface area (Å²) in [5.41, 5.74) is 0. The van der Waals surface area contributed by atoms with Gasteiger partial charge < -0.3 is 0 Å². The van der Waals surface area contributed by atoms with Crippen LogP contribution in [0.15, 0.2) is 0 Å². The second-order valence-electron chi connectivity index (χ2n) is 2.54. The van der Waals surface area contributed by atoms with Gasteiger partial charge in [0.2, 0.25) is 16.3 Å². The normalized spacial score (nSPS) is 13.4. The number of hydrogen-bond acceptors (Lipinski definition) is 0. The molecule has 0 aromatic rings. The summed E-state index contributed by atoms with van der Waals surface area (Å²) in [7, 11) is 0. The van der Waals surface area contributed by atoms with Crippen LogP contribution in [0.5, 0.6) is 0 Å². The molecule has 60 valence electrons. The highest BCUT2D eigenvalue weighted by atomic mass is 35.5. The van der Waals surface area contributed by atoms with Gasteiger partial charge in [0.25, 0.3) is 0 Å². The fourth-order valence-corrected chi connectivity index (χ4v) is 1.59. The van der Waals surface area contributed by atoms with Crippen molar-refractivity contribution in [2.45, 2.75) is 36.3 Å². The van der Waals surface area contributed by atoms with E-state index in [1.807, 2.05) is 0 Å². The van der Waals surface area contributed by atoms with Crippen molar-refractivity contribution in [1.82, 2.24) is 0 Å². The van der Waals surface area contributed by atoms with Crippen LogP contribution >= 0.6 is 23.2 Å². The maximum absolute atomic E-state index is 5.95. The van der Waals surface area contributed by atoms with Gasteiger partial charge >= 0.3 is 0 Å². The molecule has 0 amide bonds. The molecule has 0 aliphatic heterocycles. The molecule has 0 rings (SSSR count). The number of hydrogen-bond donors (Lipinski definition) is 0. The molecule has 0 aromatic carbocycles. The summed E-state index contributed by atoms with van der Waals surface area (Å²) in [5.74, 6) is 0.799. The van der Waals surface area contributed by atoms with Gasteiger partial charge in [0, 0.05) is 11.3 Å². The van der Waals surface area contributed by atoms with Crippen molar-refractivity contribution in [3.05, 3.63) is 0 Å². The molecule has 1 unspecified atom stereocenters. The van der Waals surface area contributed by atoms with E-state index in [2.05, 4.69) is 0 Å². The van der Waals surface area contributed by atoms with Crippen LogP contribution in [-0.2, 0) is 0 Å². The van der Waals surface area contributed by atoms with Crippen molar-refractivity contribution in [3.8, 4) is 0 Å². The van der Waals surface area contributed by atoms with Crippen LogP contribution in [0.25, 0.3) is 0 Å². The molecule has 0 saturated heterocycles. The van der Waals surface area contributed by atoms with Crippen LogP contribution in [0, 0.1) is 0 Å². The molecule has 10 heavy (non-hydrogen) atoms. The van der Waals surface area contributed by atoms with Crippen LogP contribution < -0.4 is 0 Å². The molecule has 0 heterocycles. The Labute approximate surface area is 81.7 Å². The van der Waals surface area contributed by atoms with E-state index in [1.165, 1.54) is 40.8 Å². The van der Waals surface area contributed by atoms with Crippen molar-refractivity contribution < 1.29 is 0 Å². The quantitative estimate of drug-likeness (QED) is 0.348. The van der Waals surface area contributed by atoms with Gasteiger partial charge in [0.15, 0.2) is 0 Å². The number of rotatable bonds is 6. The monoisotopic (exact) mass is 196 g/mol. The zero-order valence-corrected chi connectivity index (χ0v) is 10.1. The summed E-state index contributed by atoms with van der Waals surface area (Å²) in [6, 6.07) is 0. The predicted octanol–water partition coefficient (Wildman–Crippen LogP) is 2.44. The molecule has 0 radical (unpaired) electrons. The second-order valence-corrected chi connectivity index (χ2v) is 4.36. The van der Waals surface area contributed by atoms with Crippen LogP contribution in [0.4, 0.5) is 0 Å². The Bertz CT molecular complexity index is 68.6. The molecule has 0 N–H and O–H groups in total. The summed E-state index contributed by atoms with van der Waals surface area (Å²) in [6.45, 7) is 0. The van der Waals surface area contributed by atoms with Gasteiger partial charge in [0.05, 0.1) is 0 Å². The predicted molar refractivity (Wildman–Crippen MR) is 52.2 cm³/mol. The first-order valence-electron chi connectivity index (χ1n) is 4.01. The van der Waals surface area contributed by atoms with E-state index >= 15 is 0 Å². The summed E-state index contributed by atoms with van der Waals surface area (Å²) in [4.78, 5) is 0. The molecule has 0 spiro atoms. The van der Waals surface area contributed by atoms with Gasteiger partial charge in [-0.1, -0.05) is 18.1 Å². The van der Waals surface area contributed by atoms with E-state index in [9.17, 15) is 0 Å². The number of alkyl halides is 2. The van der Waals surface area contributed by atoms with Crippen LogP contribution in [-0.4, -0.2) is 27.5 Å². The minimum absolute atomic E-state index is 0.446. The van der Waals surface area contributed by atoms with Crippen LogP contribution in [0.2, 0.25) is 5.28 Å². The summed E-state index contributed by atoms with van der Waals surface area (Å²) in [5, 5.41) is 1.67. The highest BCUT2D eigenvalue weighted by Crippen LogP contribution is 2.11. The van der Waals surface area contributed by atoms with Crippen LogP contribution in [0.3, 0.4) is 0 Å². The lowest BCUT2D eigenvalue weighted by molar-refractivity contribution is 0.662. The molecular weight excluding hydrogens is 182 g/mol. The smallest absolute Gasteiger partial charge is 0.127 e. The van der Waals surface area contributed by atoms with Gasteiger partial charge in [-0.2, -0.15) is 0 Å². The first-order valence-corrected chi connectivity index (χ1v) is 6.39. The third kappa shape index (κ3) is 7.22. The van der Waals surface area contributed by atoms with E-state index in [-0.39, 0.29) is 0 Å². The van der Waals surface area contributed by atoms with Crippen LogP contribution in [0.1, 0.15) is 25.7 Å². The highest BCUT2D eigenvalue weighted by molar-refractivity contribution is 6.25. The van der Waals surface area contributed by atoms with Crippen molar-refractivity contribution in [2.24, 2.45) is 0 Å². The average molecular weight is 197 g/mol. The minimum Gasteiger partial charge on any atom is -0.127 e. The Morgan fingerprint density at radius 2 is 1.90 bits per heavy atom. The lowest BCUT2D eigenvalue weighted by Crippen LogP contribution is -1.96. The molecular formula is C7H15AlCl2. The number of halogens is 2. The van der Waals surface area contributed by atoms with E-state index in [0.717, 1.165) is 12.3 Å². The highest BCUT2D eigenvalue weighted by Gasteiger charge is 1.99. The molecule has 0 aliphatic carbocycles. The lowest BCUT2D eigenvalue weighted by atomic mass is 10.2. The Morgan fingerprint density at radius 3 is 2.40 bits per heavy atom. The Morgan fingerprint density at radius 1 is 1.20 bits per heavy atom. The average Bonchev–Trinajstić information content (AvgIpc) is 1.98. The summed E-state index contributed by atoms with van der Waals surface area (Å²) in [6.07, 6.45) is 4.83. The van der Waals surface area contributed by atoms with Crippen molar-refractivity contribution in [3.63, 3.8) is 0 Å². The Kier molecular flexibility index (Phi) is 9.12. The zero-order chi connectivity index (χ0) is 7.82. The maximum atomic E-state index is 5.95. The largest absolute Gasteiger partial charge is 0.214 e. The second kappa shape index (κ2) is 8.21. The molecule has 0 fully saturated rings. The van der Waals surface area contributed by atoms with Gasteiger partial charge in [0.1, 0.15) is 0 Å². The fourth-order valence-electron chi connectivity index (χ4n) is 0.841. The van der Waals surface area contributed by atoms with E-state index in [4.69, 9.17) is 23.2 Å². The van der Waals surface area contributed by atoms with E-state index in [1.54, 1.807) is 0 Å². The van der Waals surface area contributed by atoms with Gasteiger partial charge in [-0.3, -0.25) is 0 Å². The molecule has 3 heteroatoms. The molecule has 0 bridgehead atoms. The topological polar surface area (TPSA) is 0 Å². The summed E-state index contributed by atoms with van der Waals surface area (Å²) < 4.78 is 0. The van der Waals surface area contributed by atoms with Crippen molar-refractivity contribution in [2.75, 3.05) is 5.88 Å². The molecule has 0 nitrogen and oxygen atoms in total. The lowest BCUT2D eigenvalue weighted by Gasteiger charge is -2.03.